The molecule has 4 heterocycles. The number of nitrogens with one attached hydrogen (secondary N) is 1. The fourth-order valence-corrected chi connectivity index (χ4v) is 4.98. The summed E-state index contributed by atoms with van der Waals surface area (Å²) in [6, 6.07) is 10.3. The number of nitrogen functional groups attached to an aromatic ring is 1. The highest BCUT2D eigenvalue weighted by Crippen LogP contribution is 2.33. The standard InChI is InChI=1S/C23H26N6O4S/c24-21-18-22(27-12-26-21)29(13-28-18)23-20(31)19(30)17(33-23)11-34-7-5-25-9-14-2-1-3-15(8-14)16-4-6-32-10-16/h1-4,6,8,10,12-13,17,19-20,23,25,30-31H,5,7,9,11H2,(H2,24,26,27)/t17-,19-,20-,23-/m1/s1. The summed E-state index contributed by atoms with van der Waals surface area (Å²) in [5.41, 5.74) is 10.1. The molecule has 178 valence electrons. The van der Waals surface area contributed by atoms with Crippen molar-refractivity contribution in [2.45, 2.75) is 31.1 Å². The molecule has 1 aliphatic heterocycles. The number of nitrogens with zero attached hydrogens (tertiary/aromatic N) is 4. The zero-order valence-corrected chi connectivity index (χ0v) is 19.1. The van der Waals surface area contributed by atoms with Crippen molar-refractivity contribution in [2.75, 3.05) is 23.8 Å². The Morgan fingerprint density at radius 1 is 1.12 bits per heavy atom. The lowest BCUT2D eigenvalue weighted by atomic mass is 10.1. The van der Waals surface area contributed by atoms with Crippen molar-refractivity contribution in [3.63, 3.8) is 0 Å². The van der Waals surface area contributed by atoms with Gasteiger partial charge in [0.1, 0.15) is 24.1 Å². The second-order valence-corrected chi connectivity index (χ2v) is 9.24. The van der Waals surface area contributed by atoms with E-state index in [9.17, 15) is 10.2 Å². The molecule has 0 bridgehead atoms. The molecule has 1 fully saturated rings. The van der Waals surface area contributed by atoms with E-state index in [1.165, 1.54) is 18.2 Å². The van der Waals surface area contributed by atoms with Gasteiger partial charge in [-0.3, -0.25) is 4.57 Å². The van der Waals surface area contributed by atoms with Crippen LogP contribution in [0.4, 0.5) is 5.82 Å². The third kappa shape index (κ3) is 4.65. The van der Waals surface area contributed by atoms with Crippen LogP contribution in [0.3, 0.4) is 0 Å². The Hall–Kier alpha value is -2.96. The van der Waals surface area contributed by atoms with Crippen LogP contribution >= 0.6 is 11.8 Å². The lowest BCUT2D eigenvalue weighted by molar-refractivity contribution is -0.0289. The maximum atomic E-state index is 10.6. The van der Waals surface area contributed by atoms with Gasteiger partial charge in [-0.15, -0.1) is 0 Å². The van der Waals surface area contributed by atoms with E-state index in [-0.39, 0.29) is 5.82 Å². The molecular weight excluding hydrogens is 456 g/mol. The number of nitrogens with two attached hydrogens (primary N) is 1. The number of fused-ring (bicyclic) bond motifs is 1. The van der Waals surface area contributed by atoms with E-state index in [0.29, 0.717) is 16.9 Å². The van der Waals surface area contributed by atoms with E-state index in [0.717, 1.165) is 30.0 Å². The zero-order chi connectivity index (χ0) is 23.5. The fraction of sp³-hybridized carbons (Fsp3) is 0.348. The van der Waals surface area contributed by atoms with Crippen molar-refractivity contribution in [3.05, 3.63) is 61.1 Å². The fourth-order valence-electron chi connectivity index (χ4n) is 4.02. The van der Waals surface area contributed by atoms with Crippen LogP contribution in [0, 0.1) is 0 Å². The lowest BCUT2D eigenvalue weighted by Crippen LogP contribution is -2.32. The van der Waals surface area contributed by atoms with Gasteiger partial charge < -0.3 is 30.4 Å². The van der Waals surface area contributed by atoms with Gasteiger partial charge in [-0.05, 0) is 23.3 Å². The molecule has 34 heavy (non-hydrogen) atoms. The molecule has 1 aromatic carbocycles. The van der Waals surface area contributed by atoms with Gasteiger partial charge in [0.05, 0.1) is 25.0 Å². The van der Waals surface area contributed by atoms with Crippen LogP contribution in [0.2, 0.25) is 0 Å². The van der Waals surface area contributed by atoms with Gasteiger partial charge in [0, 0.05) is 30.2 Å². The molecular formula is C23H26N6O4S. The number of aliphatic hydroxyl groups is 2. The number of benzene rings is 1. The SMILES string of the molecule is Nc1ncnc2c1ncn2[C@@H]1O[C@H](CSCCNCc2cccc(-c3ccoc3)c2)[C@@H](O)[C@H]1O. The highest BCUT2D eigenvalue weighted by atomic mass is 32.2. The van der Waals surface area contributed by atoms with Crippen LogP contribution < -0.4 is 11.1 Å². The summed E-state index contributed by atoms with van der Waals surface area (Å²) in [4.78, 5) is 12.3. The van der Waals surface area contributed by atoms with Crippen LogP contribution in [-0.2, 0) is 11.3 Å². The monoisotopic (exact) mass is 482 g/mol. The molecule has 4 atom stereocenters. The van der Waals surface area contributed by atoms with E-state index >= 15 is 0 Å². The molecule has 11 heteroatoms. The average Bonchev–Trinajstić information content (AvgIpc) is 3.59. The summed E-state index contributed by atoms with van der Waals surface area (Å²) < 4.78 is 12.7. The van der Waals surface area contributed by atoms with Gasteiger partial charge >= 0.3 is 0 Å². The van der Waals surface area contributed by atoms with Crippen molar-refractivity contribution >= 4 is 28.7 Å². The molecule has 0 spiro atoms. The van der Waals surface area contributed by atoms with E-state index < -0.39 is 24.5 Å². The summed E-state index contributed by atoms with van der Waals surface area (Å²) in [7, 11) is 0. The second-order valence-electron chi connectivity index (χ2n) is 8.09. The van der Waals surface area contributed by atoms with Gasteiger partial charge in [-0.25, -0.2) is 15.0 Å². The summed E-state index contributed by atoms with van der Waals surface area (Å²) in [5, 5.41) is 24.5. The summed E-state index contributed by atoms with van der Waals surface area (Å²) in [6.07, 6.45) is 2.84. The van der Waals surface area contributed by atoms with Crippen molar-refractivity contribution in [1.82, 2.24) is 24.8 Å². The third-order valence-corrected chi connectivity index (χ3v) is 6.87. The van der Waals surface area contributed by atoms with Crippen molar-refractivity contribution in [1.29, 1.82) is 0 Å². The van der Waals surface area contributed by atoms with Crippen LogP contribution in [0.1, 0.15) is 11.8 Å². The van der Waals surface area contributed by atoms with Gasteiger partial charge in [-0.2, -0.15) is 11.8 Å². The smallest absolute Gasteiger partial charge is 0.167 e. The predicted molar refractivity (Wildman–Crippen MR) is 129 cm³/mol. The summed E-state index contributed by atoms with van der Waals surface area (Å²) >= 11 is 1.66. The van der Waals surface area contributed by atoms with Crippen molar-refractivity contribution < 1.29 is 19.4 Å². The van der Waals surface area contributed by atoms with Crippen LogP contribution in [0.5, 0.6) is 0 Å². The molecule has 0 saturated carbocycles. The Morgan fingerprint density at radius 2 is 2.03 bits per heavy atom. The third-order valence-electron chi connectivity index (χ3n) is 5.81. The number of anilines is 1. The summed E-state index contributed by atoms with van der Waals surface area (Å²) in [5.74, 6) is 1.65. The first-order valence-corrected chi connectivity index (χ1v) is 12.1. The molecule has 4 aromatic rings. The number of furan rings is 1. The Balaban J connectivity index is 1.09. The number of hydrogen-bond donors (Lipinski definition) is 4. The van der Waals surface area contributed by atoms with E-state index in [1.54, 1.807) is 28.9 Å². The number of imidazole rings is 1. The highest BCUT2D eigenvalue weighted by molar-refractivity contribution is 7.99. The minimum absolute atomic E-state index is 0.254. The molecule has 5 N–H and O–H groups in total. The Kier molecular flexibility index (Phi) is 6.79. The number of ether oxygens (including phenoxy) is 1. The molecule has 0 unspecified atom stereocenters. The van der Waals surface area contributed by atoms with Gasteiger partial charge in [0.15, 0.2) is 17.7 Å². The Labute approximate surface area is 200 Å². The van der Waals surface area contributed by atoms with E-state index in [1.807, 2.05) is 12.1 Å². The van der Waals surface area contributed by atoms with E-state index in [4.69, 9.17) is 14.9 Å². The Morgan fingerprint density at radius 3 is 2.88 bits per heavy atom. The zero-order valence-electron chi connectivity index (χ0n) is 18.3. The minimum atomic E-state index is -1.10. The van der Waals surface area contributed by atoms with Gasteiger partial charge in [0.2, 0.25) is 0 Å². The van der Waals surface area contributed by atoms with Crippen molar-refractivity contribution in [3.8, 4) is 11.1 Å². The number of thioether (sulfide) groups is 1. The first-order valence-electron chi connectivity index (χ1n) is 11.0. The maximum absolute atomic E-state index is 10.6. The van der Waals surface area contributed by atoms with Gasteiger partial charge in [0.25, 0.3) is 0 Å². The number of rotatable bonds is 9. The molecule has 0 aliphatic carbocycles. The van der Waals surface area contributed by atoms with Crippen LogP contribution in [0.25, 0.3) is 22.3 Å². The molecule has 0 radical (unpaired) electrons. The number of aromatic nitrogens is 4. The van der Waals surface area contributed by atoms with Gasteiger partial charge in [-0.1, -0.05) is 18.2 Å². The molecule has 1 saturated heterocycles. The Bertz CT molecular complexity index is 1230. The van der Waals surface area contributed by atoms with Crippen LogP contribution in [-0.4, -0.2) is 66.1 Å². The molecule has 1 aliphatic rings. The first-order chi connectivity index (χ1) is 16.6. The number of aliphatic hydroxyl groups excluding tert-OH is 2. The predicted octanol–water partition coefficient (Wildman–Crippen LogP) is 1.81. The van der Waals surface area contributed by atoms with Crippen LogP contribution in [0.15, 0.2) is 59.9 Å². The van der Waals surface area contributed by atoms with Crippen molar-refractivity contribution in [2.24, 2.45) is 0 Å². The largest absolute Gasteiger partial charge is 0.472 e. The molecule has 3 aromatic heterocycles. The van der Waals surface area contributed by atoms with E-state index in [2.05, 4.69) is 38.5 Å². The first kappa shape index (κ1) is 22.8. The minimum Gasteiger partial charge on any atom is -0.472 e. The molecule has 5 rings (SSSR count). The second kappa shape index (κ2) is 10.1. The average molecular weight is 483 g/mol. The maximum Gasteiger partial charge on any atom is 0.167 e. The topological polar surface area (TPSA) is 144 Å². The molecule has 0 amide bonds. The lowest BCUT2D eigenvalue weighted by Gasteiger charge is -2.16. The number of hydrogen-bond acceptors (Lipinski definition) is 10. The summed E-state index contributed by atoms with van der Waals surface area (Å²) in [6.45, 7) is 1.56. The molecule has 10 nitrogen and oxygen atoms in total. The highest BCUT2D eigenvalue weighted by Gasteiger charge is 2.44. The normalized spacial score (nSPS) is 22.5. The quantitative estimate of drug-likeness (QED) is 0.261.